The number of carbonyl (C=O) groups is 3. The number of unbranched alkanes of at least 4 members (excludes halogenated alkanes) is 2. The van der Waals surface area contributed by atoms with E-state index in [0.717, 1.165) is 19.3 Å². The molecule has 41 heavy (non-hydrogen) atoms. The first-order chi connectivity index (χ1) is 19.4. The van der Waals surface area contributed by atoms with Crippen LogP contribution in [0.15, 0.2) is 37.1 Å². The van der Waals surface area contributed by atoms with Gasteiger partial charge in [0.2, 0.25) is 3.79 Å². The first kappa shape index (κ1) is 34.4. The number of carbonyl (C=O) groups excluding carboxylic acids is 3. The van der Waals surface area contributed by atoms with E-state index in [1.54, 1.807) is 4.90 Å². The predicted octanol–water partition coefficient (Wildman–Crippen LogP) is 6.44. The van der Waals surface area contributed by atoms with E-state index in [1.807, 2.05) is 0 Å². The van der Waals surface area contributed by atoms with E-state index in [4.69, 9.17) is 58.5 Å². The van der Waals surface area contributed by atoms with Gasteiger partial charge in [-0.1, -0.05) is 54.0 Å². The first-order valence-electron chi connectivity index (χ1n) is 13.2. The molecule has 1 aliphatic heterocycles. The molecule has 10 nitrogen and oxygen atoms in total. The highest BCUT2D eigenvalue weighted by atomic mass is 35.6. The average molecular weight is 636 g/mol. The second-order valence-corrected chi connectivity index (χ2v) is 11.8. The van der Waals surface area contributed by atoms with Crippen molar-refractivity contribution in [2.24, 2.45) is 0 Å². The summed E-state index contributed by atoms with van der Waals surface area (Å²) < 4.78 is 25.5. The SMILES string of the molecule is C=CCOC(=O)Nc1cc(OCCCCCC(=C)OCC(Cl)(Cl)Cl)c(OC)cc1C(=O)N1CCC[C@H]1COC(C)=O. The van der Waals surface area contributed by atoms with E-state index in [-0.39, 0.29) is 43.0 Å². The quantitative estimate of drug-likeness (QED) is 0.0727. The molecule has 0 saturated carbocycles. The Morgan fingerprint density at radius 2 is 1.88 bits per heavy atom. The third kappa shape index (κ3) is 12.3. The van der Waals surface area contributed by atoms with Gasteiger partial charge in [0.1, 0.15) is 19.8 Å². The lowest BCUT2D eigenvalue weighted by Crippen LogP contribution is -2.39. The largest absolute Gasteiger partial charge is 0.494 e. The summed E-state index contributed by atoms with van der Waals surface area (Å²) in [4.78, 5) is 39.0. The molecule has 1 atom stereocenters. The highest BCUT2D eigenvalue weighted by Crippen LogP contribution is 2.36. The van der Waals surface area contributed by atoms with Gasteiger partial charge in [-0.25, -0.2) is 4.79 Å². The Morgan fingerprint density at radius 1 is 1.12 bits per heavy atom. The summed E-state index contributed by atoms with van der Waals surface area (Å²) >= 11 is 17.0. The molecule has 1 N–H and O–H groups in total. The minimum absolute atomic E-state index is 0.00677. The normalized spacial score (nSPS) is 14.7. The number of likely N-dealkylation sites (tertiary alicyclic amines) is 1. The highest BCUT2D eigenvalue weighted by Gasteiger charge is 2.32. The number of methoxy groups -OCH3 is 1. The number of nitrogens with zero attached hydrogens (tertiary/aromatic N) is 1. The van der Waals surface area contributed by atoms with Gasteiger partial charge in [-0.2, -0.15) is 0 Å². The van der Waals surface area contributed by atoms with Gasteiger partial charge in [0.25, 0.3) is 5.91 Å². The molecule has 1 aromatic carbocycles. The molecule has 1 aromatic rings. The first-order valence-corrected chi connectivity index (χ1v) is 14.3. The topological polar surface area (TPSA) is 113 Å². The van der Waals surface area contributed by atoms with Crippen molar-refractivity contribution in [3.63, 3.8) is 0 Å². The number of halogens is 3. The Morgan fingerprint density at radius 3 is 2.54 bits per heavy atom. The molecule has 0 spiro atoms. The zero-order valence-corrected chi connectivity index (χ0v) is 25.6. The molecule has 228 valence electrons. The number of esters is 1. The van der Waals surface area contributed by atoms with Gasteiger partial charge in [-0.15, -0.1) is 0 Å². The van der Waals surface area contributed by atoms with Gasteiger partial charge in [0.15, 0.2) is 11.5 Å². The number of rotatable bonds is 16. The van der Waals surface area contributed by atoms with Crippen molar-refractivity contribution in [3.8, 4) is 11.5 Å². The number of anilines is 1. The second kappa shape index (κ2) is 17.2. The molecule has 0 unspecified atom stereocenters. The minimum Gasteiger partial charge on any atom is -0.494 e. The maximum atomic E-state index is 13.6. The molecule has 13 heteroatoms. The van der Waals surface area contributed by atoms with Gasteiger partial charge in [0.05, 0.1) is 36.8 Å². The van der Waals surface area contributed by atoms with Crippen molar-refractivity contribution < 1.29 is 38.1 Å². The second-order valence-electron chi connectivity index (χ2n) is 9.26. The molecule has 1 saturated heterocycles. The molecular formula is C28H37Cl3N2O8. The number of hydrogen-bond acceptors (Lipinski definition) is 8. The summed E-state index contributed by atoms with van der Waals surface area (Å²) in [6.07, 6.45) is 5.03. The molecule has 1 heterocycles. The highest BCUT2D eigenvalue weighted by molar-refractivity contribution is 6.67. The van der Waals surface area contributed by atoms with E-state index in [0.29, 0.717) is 49.7 Å². The number of amides is 2. The minimum atomic E-state index is -1.49. The Balaban J connectivity index is 2.11. The van der Waals surface area contributed by atoms with Crippen molar-refractivity contribution in [1.82, 2.24) is 4.90 Å². The van der Waals surface area contributed by atoms with E-state index in [1.165, 1.54) is 32.2 Å². The summed E-state index contributed by atoms with van der Waals surface area (Å²) in [7, 11) is 1.46. The molecule has 0 aromatic heterocycles. The lowest BCUT2D eigenvalue weighted by molar-refractivity contribution is -0.142. The molecule has 0 aliphatic carbocycles. The third-order valence-corrected chi connectivity index (χ3v) is 6.34. The van der Waals surface area contributed by atoms with Crippen LogP contribution in [-0.4, -0.2) is 72.8 Å². The lowest BCUT2D eigenvalue weighted by Gasteiger charge is -2.26. The number of alkyl halides is 3. The summed E-state index contributed by atoms with van der Waals surface area (Å²) in [6.45, 7) is 9.52. The van der Waals surface area contributed by atoms with Gasteiger partial charge in [-0.3, -0.25) is 14.9 Å². The third-order valence-electron chi connectivity index (χ3n) is 6.02. The maximum absolute atomic E-state index is 13.6. The van der Waals surface area contributed by atoms with Gasteiger partial charge < -0.3 is 28.6 Å². The van der Waals surface area contributed by atoms with Gasteiger partial charge >= 0.3 is 12.1 Å². The number of ether oxygens (including phenoxy) is 5. The summed E-state index contributed by atoms with van der Waals surface area (Å²) in [5.41, 5.74) is 0.383. The monoisotopic (exact) mass is 634 g/mol. The van der Waals surface area contributed by atoms with E-state index < -0.39 is 15.9 Å². The van der Waals surface area contributed by atoms with Crippen molar-refractivity contribution in [2.75, 3.05) is 45.4 Å². The smallest absolute Gasteiger partial charge is 0.411 e. The number of benzene rings is 1. The summed E-state index contributed by atoms with van der Waals surface area (Å²) in [5, 5.41) is 2.62. The van der Waals surface area contributed by atoms with Crippen LogP contribution < -0.4 is 14.8 Å². The van der Waals surface area contributed by atoms with Gasteiger partial charge in [-0.05, 0) is 38.2 Å². The molecule has 0 radical (unpaired) electrons. The summed E-state index contributed by atoms with van der Waals surface area (Å²) in [5.74, 6) is 0.434. The van der Waals surface area contributed by atoms with E-state index >= 15 is 0 Å². The fourth-order valence-electron chi connectivity index (χ4n) is 4.08. The number of allylic oxidation sites excluding steroid dienone is 1. The van der Waals surface area contributed by atoms with Crippen LogP contribution in [0.2, 0.25) is 0 Å². The zero-order valence-electron chi connectivity index (χ0n) is 23.3. The van der Waals surface area contributed by atoms with Crippen LogP contribution in [0.3, 0.4) is 0 Å². The Kier molecular flexibility index (Phi) is 14.4. The van der Waals surface area contributed by atoms with Crippen LogP contribution in [0.25, 0.3) is 0 Å². The zero-order chi connectivity index (χ0) is 30.4. The van der Waals surface area contributed by atoms with Crippen molar-refractivity contribution in [1.29, 1.82) is 0 Å². The Bertz CT molecular complexity index is 1080. The van der Waals surface area contributed by atoms with Crippen molar-refractivity contribution >= 4 is 58.5 Å². The van der Waals surface area contributed by atoms with Crippen LogP contribution >= 0.6 is 34.8 Å². The molecular weight excluding hydrogens is 599 g/mol. The van der Waals surface area contributed by atoms with Gasteiger partial charge in [0, 0.05) is 26.0 Å². The van der Waals surface area contributed by atoms with Crippen LogP contribution in [0.5, 0.6) is 11.5 Å². The van der Waals surface area contributed by atoms with E-state index in [2.05, 4.69) is 18.5 Å². The fraction of sp³-hybridized carbons (Fsp3) is 0.536. The molecule has 0 bridgehead atoms. The van der Waals surface area contributed by atoms with Crippen molar-refractivity contribution in [3.05, 3.63) is 42.7 Å². The maximum Gasteiger partial charge on any atom is 0.411 e. The molecule has 2 amide bonds. The fourth-order valence-corrected chi connectivity index (χ4v) is 4.24. The van der Waals surface area contributed by atoms with Crippen LogP contribution in [0.4, 0.5) is 10.5 Å². The predicted molar refractivity (Wildman–Crippen MR) is 158 cm³/mol. The van der Waals surface area contributed by atoms with Crippen LogP contribution in [0.1, 0.15) is 55.8 Å². The number of hydrogen-bond donors (Lipinski definition) is 1. The lowest BCUT2D eigenvalue weighted by atomic mass is 10.1. The molecule has 1 fully saturated rings. The van der Waals surface area contributed by atoms with Crippen molar-refractivity contribution in [2.45, 2.75) is 55.3 Å². The summed E-state index contributed by atoms with van der Waals surface area (Å²) in [6, 6.07) is 2.77. The van der Waals surface area contributed by atoms with E-state index in [9.17, 15) is 14.4 Å². The number of nitrogens with one attached hydrogen (secondary N) is 1. The Hall–Kier alpha value is -2.82. The Labute approximate surface area is 255 Å². The molecule has 2 rings (SSSR count). The van der Waals surface area contributed by atoms with Crippen LogP contribution in [-0.2, 0) is 19.0 Å². The van der Waals surface area contributed by atoms with Crippen LogP contribution in [0, 0.1) is 0 Å². The standard InChI is InChI=1S/C28H37Cl3N2O8/c1-5-13-39-27(36)32-23-16-25(38-14-8-6-7-10-19(2)41-18-28(29,30)31)24(37-4)15-22(23)26(35)33-12-9-11-21(33)17-40-20(3)34/h5,15-16,21H,1-2,6-14,17-18H2,3-4H3,(H,32,36)/t21-/m0/s1. The average Bonchev–Trinajstić information content (AvgIpc) is 3.39. The molecule has 1 aliphatic rings.